The number of rotatable bonds is 5. The monoisotopic (exact) mass is 141 g/mol. The summed E-state index contributed by atoms with van der Waals surface area (Å²) in [6.07, 6.45) is 1.80. The van der Waals surface area contributed by atoms with Gasteiger partial charge in [-0.2, -0.15) is 5.26 Å². The van der Waals surface area contributed by atoms with E-state index in [0.29, 0.717) is 19.3 Å². The highest BCUT2D eigenvalue weighted by Gasteiger charge is 2.03. The van der Waals surface area contributed by atoms with Gasteiger partial charge in [0.05, 0.1) is 6.07 Å². The summed E-state index contributed by atoms with van der Waals surface area (Å²) in [5.41, 5.74) is 0. The maximum atomic E-state index is 9.83. The third kappa shape index (κ3) is 3.90. The van der Waals surface area contributed by atoms with Crippen LogP contribution in [0.5, 0.6) is 0 Å². The first kappa shape index (κ1) is 8.96. The normalized spacial score (nSPS) is 11.6. The lowest BCUT2D eigenvalue weighted by molar-refractivity contribution is -0.133. The fourth-order valence-corrected chi connectivity index (χ4v) is 0.672. The summed E-state index contributed by atoms with van der Waals surface area (Å²) >= 11 is 0. The summed E-state index contributed by atoms with van der Waals surface area (Å²) in [5, 5.41) is 8.19. The van der Waals surface area contributed by atoms with Gasteiger partial charge in [-0.15, -0.1) is 0 Å². The van der Waals surface area contributed by atoms with Gasteiger partial charge in [0, 0.05) is 6.42 Å². The molecule has 0 aliphatic heterocycles. The van der Waals surface area contributed by atoms with Crippen molar-refractivity contribution in [3.63, 3.8) is 0 Å². The van der Waals surface area contributed by atoms with E-state index >= 15 is 0 Å². The summed E-state index contributed by atoms with van der Waals surface area (Å²) in [4.78, 5) is 9.83. The van der Waals surface area contributed by atoms with Gasteiger partial charge in [0.25, 0.3) is 6.47 Å². The molecule has 0 aromatic rings. The molecule has 0 saturated heterocycles. The molecule has 3 nitrogen and oxygen atoms in total. The molecular weight excluding hydrogens is 130 g/mol. The summed E-state index contributed by atoms with van der Waals surface area (Å²) in [6.45, 7) is 2.36. The molecule has 0 radical (unpaired) electrons. The van der Waals surface area contributed by atoms with Gasteiger partial charge in [-0.05, 0) is 12.8 Å². The Bertz CT molecular complexity index is 128. The van der Waals surface area contributed by atoms with Gasteiger partial charge in [-0.1, -0.05) is 6.92 Å². The van der Waals surface area contributed by atoms with Crippen LogP contribution < -0.4 is 0 Å². The lowest BCUT2D eigenvalue weighted by Gasteiger charge is -2.09. The molecule has 10 heavy (non-hydrogen) atoms. The Kier molecular flexibility index (Phi) is 5.45. The van der Waals surface area contributed by atoms with Crippen LogP contribution in [-0.2, 0) is 9.53 Å². The lowest BCUT2D eigenvalue weighted by atomic mass is 10.2. The Balaban J connectivity index is 3.41. The second-order valence-corrected chi connectivity index (χ2v) is 1.96. The second-order valence-electron chi connectivity index (χ2n) is 1.96. The van der Waals surface area contributed by atoms with Crippen molar-refractivity contribution < 1.29 is 9.53 Å². The number of hydrogen-bond donors (Lipinski definition) is 0. The highest BCUT2D eigenvalue weighted by molar-refractivity contribution is 5.37. The zero-order valence-electron chi connectivity index (χ0n) is 6.04. The predicted octanol–water partition coefficient (Wildman–Crippen LogP) is 1.24. The molecule has 0 aromatic carbocycles. The molecule has 0 amide bonds. The van der Waals surface area contributed by atoms with E-state index in [1.807, 2.05) is 13.0 Å². The average Bonchev–Trinajstić information content (AvgIpc) is 1.98. The van der Waals surface area contributed by atoms with E-state index in [0.717, 1.165) is 6.42 Å². The van der Waals surface area contributed by atoms with E-state index in [9.17, 15) is 4.79 Å². The van der Waals surface area contributed by atoms with Gasteiger partial charge in [0.2, 0.25) is 0 Å². The zero-order valence-corrected chi connectivity index (χ0v) is 6.04. The third-order valence-electron chi connectivity index (χ3n) is 1.28. The van der Waals surface area contributed by atoms with E-state index in [2.05, 4.69) is 4.74 Å². The van der Waals surface area contributed by atoms with Crippen LogP contribution in [0.15, 0.2) is 0 Å². The first-order valence-corrected chi connectivity index (χ1v) is 3.31. The zero-order chi connectivity index (χ0) is 7.82. The van der Waals surface area contributed by atoms with Crippen LogP contribution >= 0.6 is 0 Å². The molecule has 0 saturated carbocycles. The minimum atomic E-state index is -0.0721. The van der Waals surface area contributed by atoms with Gasteiger partial charge >= 0.3 is 0 Å². The fourth-order valence-electron chi connectivity index (χ4n) is 0.672. The molecule has 0 aromatic heterocycles. The van der Waals surface area contributed by atoms with Crippen LogP contribution in [0.25, 0.3) is 0 Å². The van der Waals surface area contributed by atoms with Gasteiger partial charge < -0.3 is 4.74 Å². The molecule has 1 atom stereocenters. The minimum Gasteiger partial charge on any atom is -0.465 e. The molecule has 0 unspecified atom stereocenters. The highest BCUT2D eigenvalue weighted by atomic mass is 16.5. The molecule has 3 heteroatoms. The number of nitriles is 1. The number of nitrogens with zero attached hydrogens (tertiary/aromatic N) is 1. The number of hydrogen-bond acceptors (Lipinski definition) is 3. The Morgan fingerprint density at radius 3 is 2.90 bits per heavy atom. The van der Waals surface area contributed by atoms with Crippen molar-refractivity contribution in [3.05, 3.63) is 0 Å². The van der Waals surface area contributed by atoms with E-state index in [1.165, 1.54) is 0 Å². The number of carbonyl (C=O) groups excluding carboxylic acids is 1. The van der Waals surface area contributed by atoms with Gasteiger partial charge in [0.15, 0.2) is 0 Å². The molecule has 0 aliphatic rings. The van der Waals surface area contributed by atoms with E-state index in [-0.39, 0.29) is 6.10 Å². The largest absolute Gasteiger partial charge is 0.465 e. The van der Waals surface area contributed by atoms with Crippen LogP contribution in [0, 0.1) is 11.3 Å². The van der Waals surface area contributed by atoms with Crippen molar-refractivity contribution in [1.29, 1.82) is 5.26 Å². The fraction of sp³-hybridized carbons (Fsp3) is 0.714. The molecule has 0 N–H and O–H groups in total. The number of ether oxygens (including phenoxy) is 1. The van der Waals surface area contributed by atoms with E-state index in [4.69, 9.17) is 5.26 Å². The maximum Gasteiger partial charge on any atom is 0.293 e. The Morgan fingerprint density at radius 2 is 2.50 bits per heavy atom. The summed E-state index contributed by atoms with van der Waals surface area (Å²) < 4.78 is 4.66. The molecule has 56 valence electrons. The third-order valence-corrected chi connectivity index (χ3v) is 1.28. The first-order chi connectivity index (χ1) is 4.85. The van der Waals surface area contributed by atoms with Crippen LogP contribution in [0.4, 0.5) is 0 Å². The van der Waals surface area contributed by atoms with E-state index in [1.54, 1.807) is 0 Å². The maximum absolute atomic E-state index is 9.83. The van der Waals surface area contributed by atoms with Crippen LogP contribution in [0.3, 0.4) is 0 Å². The molecule has 0 aliphatic carbocycles. The Morgan fingerprint density at radius 1 is 1.80 bits per heavy atom. The molecule has 0 fully saturated rings. The second kappa shape index (κ2) is 6.09. The summed E-state index contributed by atoms with van der Waals surface area (Å²) in [6, 6.07) is 1.99. The predicted molar refractivity (Wildman–Crippen MR) is 36.1 cm³/mol. The van der Waals surface area contributed by atoms with E-state index < -0.39 is 0 Å². The van der Waals surface area contributed by atoms with Crippen LogP contribution in [-0.4, -0.2) is 12.6 Å². The van der Waals surface area contributed by atoms with Crippen LogP contribution in [0.1, 0.15) is 26.2 Å². The van der Waals surface area contributed by atoms with Gasteiger partial charge in [-0.25, -0.2) is 0 Å². The first-order valence-electron chi connectivity index (χ1n) is 3.31. The minimum absolute atomic E-state index is 0.0721. The average molecular weight is 141 g/mol. The van der Waals surface area contributed by atoms with Crippen molar-refractivity contribution >= 4 is 6.47 Å². The SMILES string of the molecule is CC[C@H](CCC#N)OC=O. The van der Waals surface area contributed by atoms with Crippen molar-refractivity contribution in [1.82, 2.24) is 0 Å². The smallest absolute Gasteiger partial charge is 0.293 e. The molecule has 0 heterocycles. The Hall–Kier alpha value is -1.04. The topological polar surface area (TPSA) is 50.1 Å². The Labute approximate surface area is 60.6 Å². The van der Waals surface area contributed by atoms with Crippen molar-refractivity contribution in [2.45, 2.75) is 32.3 Å². The highest BCUT2D eigenvalue weighted by Crippen LogP contribution is 2.03. The van der Waals surface area contributed by atoms with Gasteiger partial charge in [0.1, 0.15) is 6.10 Å². The lowest BCUT2D eigenvalue weighted by Crippen LogP contribution is -2.09. The van der Waals surface area contributed by atoms with Crippen molar-refractivity contribution in [2.24, 2.45) is 0 Å². The van der Waals surface area contributed by atoms with Crippen molar-refractivity contribution in [3.8, 4) is 6.07 Å². The summed E-state index contributed by atoms with van der Waals surface area (Å²) in [7, 11) is 0. The molecular formula is C7H11NO2. The molecule has 0 rings (SSSR count). The van der Waals surface area contributed by atoms with Crippen molar-refractivity contribution in [2.75, 3.05) is 0 Å². The molecule has 0 bridgehead atoms. The van der Waals surface area contributed by atoms with Gasteiger partial charge in [-0.3, -0.25) is 4.79 Å². The van der Waals surface area contributed by atoms with Crippen LogP contribution in [0.2, 0.25) is 0 Å². The summed E-state index contributed by atoms with van der Waals surface area (Å²) in [5.74, 6) is 0. The number of carbonyl (C=O) groups is 1. The quantitative estimate of drug-likeness (QED) is 0.541. The molecule has 0 spiro atoms. The standard InChI is InChI=1S/C7H11NO2/c1-2-7(10-6-9)4-3-5-8/h6-7H,2-4H2,1H3/t7-/m1/s1.